The summed E-state index contributed by atoms with van der Waals surface area (Å²) in [6, 6.07) is 0.763. The summed E-state index contributed by atoms with van der Waals surface area (Å²) in [4.78, 5) is 17.5. The van der Waals surface area contributed by atoms with Crippen LogP contribution >= 0.6 is 0 Å². The summed E-state index contributed by atoms with van der Waals surface area (Å²) in [5.74, 6) is 2.15. The fourth-order valence-corrected chi connectivity index (χ4v) is 4.61. The standard InChI is InChI=1S/C15H26N2O/c1-3-7-17-10-12-11-5-8-16(9-6-11)14(12)15(17)13(18)4-2/h11-12,14-15H,3-10H2,1-2H3. The van der Waals surface area contributed by atoms with E-state index in [-0.39, 0.29) is 6.04 Å². The molecule has 4 saturated heterocycles. The number of ketones is 1. The van der Waals surface area contributed by atoms with Gasteiger partial charge in [0.05, 0.1) is 6.04 Å². The van der Waals surface area contributed by atoms with Crippen LogP contribution in [-0.4, -0.2) is 53.8 Å². The average Bonchev–Trinajstić information content (AvgIpc) is 2.80. The smallest absolute Gasteiger partial charge is 0.151 e. The molecule has 18 heavy (non-hydrogen) atoms. The van der Waals surface area contributed by atoms with Gasteiger partial charge in [-0.05, 0) is 50.7 Å². The van der Waals surface area contributed by atoms with E-state index in [9.17, 15) is 4.79 Å². The molecule has 3 nitrogen and oxygen atoms in total. The van der Waals surface area contributed by atoms with E-state index in [4.69, 9.17) is 0 Å². The molecule has 4 aliphatic heterocycles. The van der Waals surface area contributed by atoms with Crippen molar-refractivity contribution in [2.75, 3.05) is 26.2 Å². The first-order chi connectivity index (χ1) is 8.76. The molecule has 0 radical (unpaired) electrons. The van der Waals surface area contributed by atoms with Crippen LogP contribution in [0, 0.1) is 11.8 Å². The highest BCUT2D eigenvalue weighted by Gasteiger charge is 2.53. The van der Waals surface area contributed by atoms with Gasteiger partial charge in [-0.25, -0.2) is 0 Å². The van der Waals surface area contributed by atoms with E-state index in [1.54, 1.807) is 0 Å². The molecule has 3 unspecified atom stereocenters. The minimum Gasteiger partial charge on any atom is -0.298 e. The van der Waals surface area contributed by atoms with Crippen LogP contribution in [0.15, 0.2) is 0 Å². The number of carbonyl (C=O) groups is 1. The highest BCUT2D eigenvalue weighted by Crippen LogP contribution is 2.44. The number of hydrogen-bond acceptors (Lipinski definition) is 3. The Kier molecular flexibility index (Phi) is 3.46. The van der Waals surface area contributed by atoms with Crippen LogP contribution in [0.5, 0.6) is 0 Å². The Morgan fingerprint density at radius 2 is 1.94 bits per heavy atom. The van der Waals surface area contributed by atoms with E-state index in [2.05, 4.69) is 16.7 Å². The van der Waals surface area contributed by atoms with Crippen LogP contribution in [0.2, 0.25) is 0 Å². The third-order valence-corrected chi connectivity index (χ3v) is 5.39. The molecule has 0 aromatic rings. The third-order valence-electron chi connectivity index (χ3n) is 5.39. The van der Waals surface area contributed by atoms with E-state index in [0.717, 1.165) is 24.8 Å². The van der Waals surface area contributed by atoms with Crippen molar-refractivity contribution < 1.29 is 4.79 Å². The molecule has 0 saturated carbocycles. The van der Waals surface area contributed by atoms with Gasteiger partial charge in [0.15, 0.2) is 5.78 Å². The van der Waals surface area contributed by atoms with Gasteiger partial charge in [-0.3, -0.25) is 14.6 Å². The maximum Gasteiger partial charge on any atom is 0.151 e. The molecule has 0 amide bonds. The van der Waals surface area contributed by atoms with Gasteiger partial charge in [0, 0.05) is 19.0 Å². The second-order valence-corrected chi connectivity index (χ2v) is 6.29. The number of fused-ring (bicyclic) bond motifs is 2. The van der Waals surface area contributed by atoms with Crippen molar-refractivity contribution in [3.05, 3.63) is 0 Å². The van der Waals surface area contributed by atoms with Gasteiger partial charge in [0.25, 0.3) is 0 Å². The Labute approximate surface area is 111 Å². The van der Waals surface area contributed by atoms with Gasteiger partial charge in [-0.1, -0.05) is 13.8 Å². The van der Waals surface area contributed by atoms with Gasteiger partial charge in [0.2, 0.25) is 0 Å². The lowest BCUT2D eigenvalue weighted by Gasteiger charge is -2.49. The number of rotatable bonds is 4. The minimum absolute atomic E-state index is 0.211. The molecule has 4 heterocycles. The van der Waals surface area contributed by atoms with Gasteiger partial charge in [-0.15, -0.1) is 0 Å². The van der Waals surface area contributed by atoms with Crippen LogP contribution < -0.4 is 0 Å². The van der Waals surface area contributed by atoms with Crippen molar-refractivity contribution >= 4 is 5.78 Å². The fraction of sp³-hybridized carbons (Fsp3) is 0.933. The van der Waals surface area contributed by atoms with E-state index in [1.165, 1.54) is 32.5 Å². The largest absolute Gasteiger partial charge is 0.298 e. The quantitative estimate of drug-likeness (QED) is 0.760. The van der Waals surface area contributed by atoms with Crippen molar-refractivity contribution in [2.24, 2.45) is 11.8 Å². The summed E-state index contributed by atoms with van der Waals surface area (Å²) >= 11 is 0. The third kappa shape index (κ3) is 1.83. The molecule has 3 heteroatoms. The number of piperidine rings is 3. The lowest BCUT2D eigenvalue weighted by Crippen LogP contribution is -2.58. The number of hydrogen-bond donors (Lipinski definition) is 0. The summed E-state index contributed by atoms with van der Waals surface area (Å²) < 4.78 is 0. The van der Waals surface area contributed by atoms with Crippen LogP contribution in [0.25, 0.3) is 0 Å². The second-order valence-electron chi connectivity index (χ2n) is 6.29. The molecular weight excluding hydrogens is 224 g/mol. The first-order valence-corrected chi connectivity index (χ1v) is 7.77. The molecule has 0 aromatic carbocycles. The summed E-state index contributed by atoms with van der Waals surface area (Å²) in [6.45, 7) is 9.00. The topological polar surface area (TPSA) is 23.6 Å². The molecule has 4 aliphatic rings. The summed E-state index contributed by atoms with van der Waals surface area (Å²) in [6.07, 6.45) is 4.60. The highest BCUT2D eigenvalue weighted by molar-refractivity contribution is 5.85. The number of likely N-dealkylation sites (tertiary alicyclic amines) is 1. The van der Waals surface area contributed by atoms with Crippen LogP contribution in [0.4, 0.5) is 0 Å². The first kappa shape index (κ1) is 12.6. The zero-order valence-electron chi connectivity index (χ0n) is 11.8. The number of nitrogens with zero attached hydrogens (tertiary/aromatic N) is 2. The van der Waals surface area contributed by atoms with Crippen LogP contribution in [0.1, 0.15) is 39.5 Å². The zero-order valence-corrected chi connectivity index (χ0v) is 11.8. The van der Waals surface area contributed by atoms with Gasteiger partial charge in [0.1, 0.15) is 0 Å². The zero-order chi connectivity index (χ0) is 12.7. The van der Waals surface area contributed by atoms with Crippen molar-refractivity contribution in [3.63, 3.8) is 0 Å². The van der Waals surface area contributed by atoms with E-state index in [0.29, 0.717) is 18.2 Å². The number of Topliss-reactive ketones (excluding diaryl/α,β-unsaturated/α-hetero) is 1. The summed E-state index contributed by atoms with van der Waals surface area (Å²) in [5.41, 5.74) is 0. The molecule has 0 aromatic heterocycles. The fourth-order valence-electron chi connectivity index (χ4n) is 4.61. The Morgan fingerprint density at radius 1 is 1.22 bits per heavy atom. The Balaban J connectivity index is 1.85. The lowest BCUT2D eigenvalue weighted by atomic mass is 9.73. The van der Waals surface area contributed by atoms with Crippen molar-refractivity contribution in [1.82, 2.24) is 9.80 Å². The summed E-state index contributed by atoms with van der Waals surface area (Å²) in [7, 11) is 0. The van der Waals surface area contributed by atoms with Gasteiger partial charge in [-0.2, -0.15) is 0 Å². The SMILES string of the molecule is CCCN1CC2C3CCN(CC3)C2C1C(=O)CC. The molecule has 0 spiro atoms. The monoisotopic (exact) mass is 250 g/mol. The van der Waals surface area contributed by atoms with Gasteiger partial charge >= 0.3 is 0 Å². The normalized spacial score (nSPS) is 43.1. The van der Waals surface area contributed by atoms with Crippen molar-refractivity contribution in [3.8, 4) is 0 Å². The predicted octanol–water partition coefficient (Wildman–Crippen LogP) is 1.77. The Bertz CT molecular complexity index is 322. The minimum atomic E-state index is 0.211. The molecule has 2 bridgehead atoms. The molecular formula is C15H26N2O. The Morgan fingerprint density at radius 3 is 2.56 bits per heavy atom. The second kappa shape index (κ2) is 4.93. The molecule has 102 valence electrons. The average molecular weight is 250 g/mol. The maximum absolute atomic E-state index is 12.4. The number of carbonyl (C=O) groups excluding carboxylic acids is 1. The Hall–Kier alpha value is -0.410. The molecule has 4 rings (SSSR count). The molecule has 0 N–H and O–H groups in total. The first-order valence-electron chi connectivity index (χ1n) is 7.77. The molecule has 0 aliphatic carbocycles. The maximum atomic E-state index is 12.4. The predicted molar refractivity (Wildman–Crippen MR) is 72.5 cm³/mol. The molecule has 3 atom stereocenters. The van der Waals surface area contributed by atoms with E-state index < -0.39 is 0 Å². The summed E-state index contributed by atoms with van der Waals surface area (Å²) in [5, 5.41) is 0. The van der Waals surface area contributed by atoms with Crippen LogP contribution in [-0.2, 0) is 4.79 Å². The van der Waals surface area contributed by atoms with Crippen molar-refractivity contribution in [1.29, 1.82) is 0 Å². The van der Waals surface area contributed by atoms with Crippen molar-refractivity contribution in [2.45, 2.75) is 51.6 Å². The molecule has 4 fully saturated rings. The van der Waals surface area contributed by atoms with E-state index in [1.807, 2.05) is 6.92 Å². The van der Waals surface area contributed by atoms with Crippen LogP contribution in [0.3, 0.4) is 0 Å². The highest BCUT2D eigenvalue weighted by atomic mass is 16.1. The van der Waals surface area contributed by atoms with E-state index >= 15 is 0 Å². The van der Waals surface area contributed by atoms with Gasteiger partial charge < -0.3 is 0 Å². The lowest BCUT2D eigenvalue weighted by molar-refractivity contribution is -0.126.